The lowest BCUT2D eigenvalue weighted by Gasteiger charge is -2.32. The Hall–Kier alpha value is -3.15. The van der Waals surface area contributed by atoms with Crippen molar-refractivity contribution in [3.63, 3.8) is 0 Å². The predicted molar refractivity (Wildman–Crippen MR) is 157 cm³/mol. The fourth-order valence-corrected chi connectivity index (χ4v) is 5.25. The summed E-state index contributed by atoms with van der Waals surface area (Å²) in [6, 6.07) is 25.3. The molecule has 0 saturated carbocycles. The van der Waals surface area contributed by atoms with E-state index in [-0.39, 0.29) is 23.7 Å². The number of para-hydroxylation sites is 1. The second-order valence-corrected chi connectivity index (χ2v) is 11.8. The van der Waals surface area contributed by atoms with Gasteiger partial charge >= 0.3 is 7.12 Å². The number of benzene rings is 3. The van der Waals surface area contributed by atoms with Crippen molar-refractivity contribution in [1.82, 2.24) is 0 Å². The minimum Gasteiger partial charge on any atom is -0.489 e. The highest BCUT2D eigenvalue weighted by Crippen LogP contribution is 2.40. The van der Waals surface area contributed by atoms with E-state index >= 15 is 0 Å². The molecule has 4 nitrogen and oxygen atoms in total. The third-order valence-electron chi connectivity index (χ3n) is 8.34. The Morgan fingerprint density at radius 3 is 2.05 bits per heavy atom. The van der Waals surface area contributed by atoms with E-state index in [0.29, 0.717) is 6.61 Å². The maximum atomic E-state index is 6.16. The molecule has 196 valence electrons. The Morgan fingerprint density at radius 2 is 1.42 bits per heavy atom. The molecule has 0 atom stereocenters. The quantitative estimate of drug-likeness (QED) is 0.264. The Kier molecular flexibility index (Phi) is 6.87. The van der Waals surface area contributed by atoms with Gasteiger partial charge in [-0.25, -0.2) is 0 Å². The van der Waals surface area contributed by atoms with Crippen molar-refractivity contribution in [2.45, 2.75) is 71.7 Å². The van der Waals surface area contributed by atoms with E-state index < -0.39 is 0 Å². The van der Waals surface area contributed by atoms with Gasteiger partial charge in [0.15, 0.2) is 5.71 Å². The highest BCUT2D eigenvalue weighted by molar-refractivity contribution is 6.62. The van der Waals surface area contributed by atoms with Crippen LogP contribution >= 0.6 is 0 Å². The molecule has 2 aliphatic rings. The third kappa shape index (κ3) is 4.86. The number of hydrogen-bond donors (Lipinski definition) is 0. The monoisotopic (exact) mass is 508 g/mol. The standard InChI is InChI=1S/C33H39BNO3/c1-8-35-29-12-10-9-11-28(29)31(2,3)30(35)22-17-24-15-20-27(21-16-24)36-23-25-13-18-26(19-14-25)34-37-32(4,5)33(6,7)38-34/h9-22H,8,23H2,1-7H3/q+1/b22-17+. The summed E-state index contributed by atoms with van der Waals surface area (Å²) in [6.07, 6.45) is 4.46. The van der Waals surface area contributed by atoms with Crippen LogP contribution in [0.25, 0.3) is 6.08 Å². The summed E-state index contributed by atoms with van der Waals surface area (Å²) >= 11 is 0. The van der Waals surface area contributed by atoms with Crippen LogP contribution < -0.4 is 10.2 Å². The average molecular weight is 508 g/mol. The lowest BCUT2D eigenvalue weighted by Crippen LogP contribution is -2.41. The van der Waals surface area contributed by atoms with Crippen LogP contribution in [-0.4, -0.2) is 35.2 Å². The van der Waals surface area contributed by atoms with Crippen molar-refractivity contribution in [3.05, 3.63) is 95.6 Å². The van der Waals surface area contributed by atoms with E-state index in [0.717, 1.165) is 28.9 Å². The number of nitrogens with zero attached hydrogens (tertiary/aromatic N) is 1. The van der Waals surface area contributed by atoms with Crippen LogP contribution in [-0.2, 0) is 21.3 Å². The van der Waals surface area contributed by atoms with Gasteiger partial charge in [-0.15, -0.1) is 0 Å². The highest BCUT2D eigenvalue weighted by atomic mass is 16.7. The second kappa shape index (κ2) is 9.87. The van der Waals surface area contributed by atoms with Gasteiger partial charge in [-0.1, -0.05) is 54.6 Å². The number of fused-ring (bicyclic) bond motifs is 1. The fourth-order valence-electron chi connectivity index (χ4n) is 5.25. The summed E-state index contributed by atoms with van der Waals surface area (Å²) in [5, 5.41) is 0. The Balaban J connectivity index is 1.21. The lowest BCUT2D eigenvalue weighted by atomic mass is 9.79. The van der Waals surface area contributed by atoms with Crippen molar-refractivity contribution in [1.29, 1.82) is 0 Å². The number of ether oxygens (including phenoxy) is 1. The molecule has 0 bridgehead atoms. The first-order valence-corrected chi connectivity index (χ1v) is 13.6. The molecule has 1 fully saturated rings. The van der Waals surface area contributed by atoms with Crippen LogP contribution in [0.15, 0.2) is 78.9 Å². The first kappa shape index (κ1) is 26.5. The van der Waals surface area contributed by atoms with Crippen molar-refractivity contribution in [2.75, 3.05) is 6.54 Å². The SMILES string of the molecule is CC[N+]1=C(/C=C/c2ccc(OCc3ccc(B4OC(C)(C)C(C)(C)O4)cc3)cc2)C(C)(C)c2ccccc21. The third-order valence-corrected chi connectivity index (χ3v) is 8.34. The molecular formula is C33H39BNO3+. The fraction of sp³-hybridized carbons (Fsp3) is 0.364. The van der Waals surface area contributed by atoms with Crippen LogP contribution in [0.3, 0.4) is 0 Å². The van der Waals surface area contributed by atoms with E-state index in [2.05, 4.69) is 126 Å². The molecule has 0 aromatic heterocycles. The zero-order chi connectivity index (χ0) is 27.1. The summed E-state index contributed by atoms with van der Waals surface area (Å²) in [7, 11) is -0.345. The van der Waals surface area contributed by atoms with Gasteiger partial charge in [0.05, 0.1) is 16.6 Å². The van der Waals surface area contributed by atoms with Crippen LogP contribution in [0.5, 0.6) is 5.75 Å². The molecule has 3 aromatic carbocycles. The van der Waals surface area contributed by atoms with Crippen LogP contribution in [0, 0.1) is 0 Å². The van der Waals surface area contributed by atoms with Crippen molar-refractivity contribution in [2.24, 2.45) is 0 Å². The predicted octanol–water partition coefficient (Wildman–Crippen LogP) is 6.67. The van der Waals surface area contributed by atoms with E-state index in [1.165, 1.54) is 17.0 Å². The van der Waals surface area contributed by atoms with Gasteiger partial charge in [-0.3, -0.25) is 0 Å². The Labute approximate surface area is 228 Å². The van der Waals surface area contributed by atoms with Gasteiger partial charge in [-0.2, -0.15) is 4.58 Å². The summed E-state index contributed by atoms with van der Waals surface area (Å²) in [5.74, 6) is 0.855. The molecule has 0 spiro atoms. The molecule has 0 amide bonds. The summed E-state index contributed by atoms with van der Waals surface area (Å²) < 4.78 is 20.8. The molecule has 5 heteroatoms. The highest BCUT2D eigenvalue weighted by Gasteiger charge is 2.51. The molecule has 0 N–H and O–H groups in total. The van der Waals surface area contributed by atoms with Crippen molar-refractivity contribution in [3.8, 4) is 5.75 Å². The molecule has 2 heterocycles. The maximum Gasteiger partial charge on any atom is 0.494 e. The minimum atomic E-state index is -0.345. The summed E-state index contributed by atoms with van der Waals surface area (Å²) in [6.45, 7) is 16.6. The minimum absolute atomic E-state index is 0.0237. The number of allylic oxidation sites excluding steroid dienone is 1. The van der Waals surface area contributed by atoms with Gasteiger partial charge < -0.3 is 14.0 Å². The van der Waals surface area contributed by atoms with Gasteiger partial charge in [0, 0.05) is 17.7 Å². The van der Waals surface area contributed by atoms with E-state index in [1.807, 2.05) is 12.1 Å². The molecule has 3 aromatic rings. The van der Waals surface area contributed by atoms with E-state index in [4.69, 9.17) is 14.0 Å². The maximum absolute atomic E-state index is 6.16. The molecule has 2 aliphatic heterocycles. The zero-order valence-corrected chi connectivity index (χ0v) is 23.7. The topological polar surface area (TPSA) is 30.7 Å². The molecule has 1 saturated heterocycles. The smallest absolute Gasteiger partial charge is 0.489 e. The summed E-state index contributed by atoms with van der Waals surface area (Å²) in [4.78, 5) is 0. The summed E-state index contributed by atoms with van der Waals surface area (Å²) in [5.41, 5.74) is 6.60. The first-order valence-electron chi connectivity index (χ1n) is 13.6. The molecular weight excluding hydrogens is 469 g/mol. The molecule has 0 radical (unpaired) electrons. The van der Waals surface area contributed by atoms with Gasteiger partial charge in [0.25, 0.3) is 0 Å². The van der Waals surface area contributed by atoms with E-state index in [9.17, 15) is 0 Å². The molecule has 0 aliphatic carbocycles. The van der Waals surface area contributed by atoms with Crippen molar-refractivity contribution >= 4 is 30.1 Å². The Bertz CT molecular complexity index is 1350. The largest absolute Gasteiger partial charge is 0.494 e. The van der Waals surface area contributed by atoms with Crippen LogP contribution in [0.4, 0.5) is 5.69 Å². The lowest BCUT2D eigenvalue weighted by molar-refractivity contribution is -0.433. The molecule has 5 rings (SSSR count). The number of rotatable bonds is 7. The Morgan fingerprint density at radius 1 is 0.789 bits per heavy atom. The first-order chi connectivity index (χ1) is 18.0. The zero-order valence-electron chi connectivity index (χ0n) is 23.7. The van der Waals surface area contributed by atoms with Crippen molar-refractivity contribution < 1.29 is 18.6 Å². The van der Waals surface area contributed by atoms with Crippen LogP contribution in [0.2, 0.25) is 0 Å². The second-order valence-electron chi connectivity index (χ2n) is 11.8. The van der Waals surface area contributed by atoms with Gasteiger partial charge in [-0.05, 0) is 83.3 Å². The number of hydrogen-bond acceptors (Lipinski definition) is 3. The average Bonchev–Trinajstić information content (AvgIpc) is 3.26. The van der Waals surface area contributed by atoms with E-state index in [1.54, 1.807) is 0 Å². The normalized spacial score (nSPS) is 19.3. The van der Waals surface area contributed by atoms with Gasteiger partial charge in [0.1, 0.15) is 18.9 Å². The molecule has 38 heavy (non-hydrogen) atoms. The van der Waals surface area contributed by atoms with Crippen LogP contribution in [0.1, 0.15) is 65.2 Å². The van der Waals surface area contributed by atoms with Gasteiger partial charge in [0.2, 0.25) is 5.69 Å². The molecule has 0 unspecified atom stereocenters.